The topological polar surface area (TPSA) is 95.8 Å². The van der Waals surface area contributed by atoms with Crippen LogP contribution in [0, 0.1) is 5.92 Å². The van der Waals surface area contributed by atoms with E-state index in [1.807, 2.05) is 6.92 Å². The van der Waals surface area contributed by atoms with E-state index in [4.69, 9.17) is 5.73 Å². The van der Waals surface area contributed by atoms with Crippen LogP contribution < -0.4 is 16.4 Å². The van der Waals surface area contributed by atoms with E-state index in [2.05, 4.69) is 34.7 Å². The number of hydrogen-bond acceptors (Lipinski definition) is 4. The number of carbonyl (C=O) groups is 1. The minimum Gasteiger partial charge on any atom is -0.344 e. The van der Waals surface area contributed by atoms with Gasteiger partial charge in [0.25, 0.3) is 5.91 Å². The number of aromatic nitrogens is 2. The summed E-state index contributed by atoms with van der Waals surface area (Å²) < 4.78 is 0. The normalized spacial score (nSPS) is 17.9. The Kier molecular flexibility index (Phi) is 3.91. The molecule has 1 aliphatic rings. The maximum atomic E-state index is 12.4. The molecule has 0 aromatic carbocycles. The third kappa shape index (κ3) is 2.64. The van der Waals surface area contributed by atoms with E-state index >= 15 is 0 Å². The maximum Gasteiger partial charge on any atom is 0.272 e. The summed E-state index contributed by atoms with van der Waals surface area (Å²) in [4.78, 5) is 12.4. The van der Waals surface area contributed by atoms with Gasteiger partial charge in [0.15, 0.2) is 5.69 Å². The molecule has 0 saturated heterocycles. The number of H-pyrrole nitrogens is 1. The highest BCUT2D eigenvalue weighted by Crippen LogP contribution is 2.19. The van der Waals surface area contributed by atoms with Crippen LogP contribution in [0.25, 0.3) is 0 Å². The molecule has 0 fully saturated rings. The molecule has 0 aliphatic carbocycles. The Labute approximate surface area is 113 Å². The number of nitrogens with zero attached hydrogens (tertiary/aromatic N) is 1. The highest BCUT2D eigenvalue weighted by molar-refractivity contribution is 5.94. The molecule has 1 aliphatic heterocycles. The van der Waals surface area contributed by atoms with Crippen LogP contribution in [0.15, 0.2) is 0 Å². The number of amides is 1. The average molecular weight is 265 g/mol. The largest absolute Gasteiger partial charge is 0.344 e. The van der Waals surface area contributed by atoms with Gasteiger partial charge in [-0.05, 0) is 12.8 Å². The lowest BCUT2D eigenvalue weighted by molar-refractivity contribution is 0.0876. The summed E-state index contributed by atoms with van der Waals surface area (Å²) in [5.74, 6) is 0.109. The number of rotatable bonds is 4. The third-order valence-corrected chi connectivity index (χ3v) is 4.12. The second-order valence-electron chi connectivity index (χ2n) is 5.69. The van der Waals surface area contributed by atoms with Gasteiger partial charge in [-0.3, -0.25) is 9.89 Å². The first kappa shape index (κ1) is 14.0. The molecule has 6 heteroatoms. The van der Waals surface area contributed by atoms with Crippen molar-refractivity contribution in [3.05, 3.63) is 17.0 Å². The first-order valence-corrected chi connectivity index (χ1v) is 6.77. The Balaban J connectivity index is 2.18. The smallest absolute Gasteiger partial charge is 0.272 e. The maximum absolute atomic E-state index is 12.4. The minimum absolute atomic E-state index is 0.150. The summed E-state index contributed by atoms with van der Waals surface area (Å²) in [6.45, 7) is 8.08. The van der Waals surface area contributed by atoms with Gasteiger partial charge in [0.05, 0.1) is 5.54 Å². The van der Waals surface area contributed by atoms with Crippen molar-refractivity contribution in [3.63, 3.8) is 0 Å². The fourth-order valence-electron chi connectivity index (χ4n) is 2.16. The summed E-state index contributed by atoms with van der Waals surface area (Å²) in [7, 11) is 0. The molecule has 6 nitrogen and oxygen atoms in total. The van der Waals surface area contributed by atoms with Gasteiger partial charge in [0.1, 0.15) is 0 Å². The molecule has 1 aromatic rings. The summed E-state index contributed by atoms with van der Waals surface area (Å²) in [5.41, 5.74) is 7.91. The number of fused-ring (bicyclic) bond motifs is 1. The van der Waals surface area contributed by atoms with Gasteiger partial charge in [-0.2, -0.15) is 5.10 Å². The molecule has 2 heterocycles. The highest BCUT2D eigenvalue weighted by atomic mass is 16.2. The van der Waals surface area contributed by atoms with Crippen LogP contribution in [0.1, 0.15) is 42.5 Å². The predicted octanol–water partition coefficient (Wildman–Crippen LogP) is 0.159. The van der Waals surface area contributed by atoms with Crippen molar-refractivity contribution >= 4 is 5.91 Å². The van der Waals surface area contributed by atoms with Crippen molar-refractivity contribution in [1.29, 1.82) is 0 Å². The first-order chi connectivity index (χ1) is 8.98. The average Bonchev–Trinajstić information content (AvgIpc) is 2.82. The number of hydrogen-bond donors (Lipinski definition) is 4. The molecule has 19 heavy (non-hydrogen) atoms. The fraction of sp³-hybridized carbons (Fsp3) is 0.692. The van der Waals surface area contributed by atoms with Gasteiger partial charge in [-0.15, -0.1) is 0 Å². The van der Waals surface area contributed by atoms with Gasteiger partial charge < -0.3 is 16.4 Å². The Morgan fingerprint density at radius 3 is 2.95 bits per heavy atom. The van der Waals surface area contributed by atoms with Crippen LogP contribution >= 0.6 is 0 Å². The van der Waals surface area contributed by atoms with Crippen molar-refractivity contribution in [1.82, 2.24) is 20.8 Å². The lowest BCUT2D eigenvalue weighted by Crippen LogP contribution is -2.55. The van der Waals surface area contributed by atoms with Crippen LogP contribution in [-0.2, 0) is 13.0 Å². The Hall–Kier alpha value is -1.40. The molecule has 1 aromatic heterocycles. The van der Waals surface area contributed by atoms with E-state index in [1.165, 1.54) is 0 Å². The molecule has 1 atom stereocenters. The minimum atomic E-state index is -0.412. The van der Waals surface area contributed by atoms with Gasteiger partial charge in [-0.25, -0.2) is 0 Å². The van der Waals surface area contributed by atoms with Crippen molar-refractivity contribution in [3.8, 4) is 0 Å². The number of aromatic amines is 1. The summed E-state index contributed by atoms with van der Waals surface area (Å²) in [5, 5.41) is 13.4. The van der Waals surface area contributed by atoms with E-state index in [0.717, 1.165) is 24.2 Å². The fourth-order valence-corrected chi connectivity index (χ4v) is 2.16. The van der Waals surface area contributed by atoms with E-state index in [9.17, 15) is 4.79 Å². The first-order valence-electron chi connectivity index (χ1n) is 6.77. The quantitative estimate of drug-likeness (QED) is 0.623. The molecule has 5 N–H and O–H groups in total. The van der Waals surface area contributed by atoms with Gasteiger partial charge in [0, 0.05) is 37.3 Å². The zero-order valence-corrected chi connectivity index (χ0v) is 11.8. The van der Waals surface area contributed by atoms with Gasteiger partial charge in [0.2, 0.25) is 0 Å². The van der Waals surface area contributed by atoms with Crippen LogP contribution in [0.5, 0.6) is 0 Å². The molecular weight excluding hydrogens is 242 g/mol. The molecule has 0 radical (unpaired) electrons. The molecule has 1 unspecified atom stereocenters. The van der Waals surface area contributed by atoms with Crippen LogP contribution in [0.4, 0.5) is 0 Å². The second-order valence-corrected chi connectivity index (χ2v) is 5.69. The molecule has 0 spiro atoms. The van der Waals surface area contributed by atoms with Gasteiger partial charge >= 0.3 is 0 Å². The highest BCUT2D eigenvalue weighted by Gasteiger charge is 2.31. The molecule has 1 amide bonds. The van der Waals surface area contributed by atoms with E-state index < -0.39 is 5.54 Å². The number of nitrogens with two attached hydrogens (primary N) is 1. The van der Waals surface area contributed by atoms with Crippen LogP contribution in [0.2, 0.25) is 0 Å². The third-order valence-electron chi connectivity index (χ3n) is 4.12. The Morgan fingerprint density at radius 1 is 1.58 bits per heavy atom. The summed E-state index contributed by atoms with van der Waals surface area (Å²) >= 11 is 0. The van der Waals surface area contributed by atoms with E-state index in [-0.39, 0.29) is 11.8 Å². The second kappa shape index (κ2) is 5.30. The van der Waals surface area contributed by atoms with Crippen LogP contribution in [-0.4, -0.2) is 34.7 Å². The van der Waals surface area contributed by atoms with Crippen molar-refractivity contribution in [2.45, 2.75) is 39.3 Å². The van der Waals surface area contributed by atoms with Crippen molar-refractivity contribution in [2.75, 3.05) is 13.1 Å². The van der Waals surface area contributed by atoms with E-state index in [0.29, 0.717) is 18.8 Å². The number of nitrogens with one attached hydrogen (secondary N) is 3. The molecular formula is C13H23N5O. The Morgan fingerprint density at radius 2 is 2.32 bits per heavy atom. The standard InChI is InChI=1S/C13H23N5O/c1-8(2)13(3,7-14)16-12(19)11-9-6-15-5-4-10(9)17-18-11/h8,15H,4-7,14H2,1-3H3,(H,16,19)(H,17,18). The lowest BCUT2D eigenvalue weighted by atomic mass is 9.88. The number of carbonyl (C=O) groups excluding carboxylic acids is 1. The zero-order chi connectivity index (χ0) is 14.0. The van der Waals surface area contributed by atoms with Crippen LogP contribution in [0.3, 0.4) is 0 Å². The van der Waals surface area contributed by atoms with Crippen molar-refractivity contribution in [2.24, 2.45) is 11.7 Å². The van der Waals surface area contributed by atoms with Crippen molar-refractivity contribution < 1.29 is 4.79 Å². The molecule has 0 bridgehead atoms. The summed E-state index contributed by atoms with van der Waals surface area (Å²) in [6, 6.07) is 0. The van der Waals surface area contributed by atoms with E-state index in [1.54, 1.807) is 0 Å². The SMILES string of the molecule is CC(C)C(C)(CN)NC(=O)c1n[nH]c2c1CNCC2. The molecule has 106 valence electrons. The predicted molar refractivity (Wildman–Crippen MR) is 73.8 cm³/mol. The zero-order valence-electron chi connectivity index (χ0n) is 11.8. The summed E-state index contributed by atoms with van der Waals surface area (Å²) in [6.07, 6.45) is 0.883. The Bertz CT molecular complexity index is 468. The molecule has 2 rings (SSSR count). The molecule has 0 saturated carbocycles. The van der Waals surface area contributed by atoms with Gasteiger partial charge in [-0.1, -0.05) is 13.8 Å². The lowest BCUT2D eigenvalue weighted by Gasteiger charge is -2.33. The monoisotopic (exact) mass is 265 g/mol.